The van der Waals surface area contributed by atoms with E-state index >= 15 is 0 Å². The molecule has 0 saturated carbocycles. The van der Waals surface area contributed by atoms with E-state index in [1.165, 1.54) is 6.07 Å². The summed E-state index contributed by atoms with van der Waals surface area (Å²) in [5.41, 5.74) is 2.42. The van der Waals surface area contributed by atoms with Crippen molar-refractivity contribution >= 4 is 48.7 Å². The van der Waals surface area contributed by atoms with Gasteiger partial charge in [0.05, 0.1) is 11.4 Å². The molecule has 174 valence electrons. The van der Waals surface area contributed by atoms with Crippen molar-refractivity contribution in [3.05, 3.63) is 108 Å². The molecule has 0 amide bonds. The summed E-state index contributed by atoms with van der Waals surface area (Å²) < 4.78 is 33.3. The van der Waals surface area contributed by atoms with Gasteiger partial charge in [-0.05, 0) is 11.6 Å². The van der Waals surface area contributed by atoms with Crippen LogP contribution in [0.5, 0.6) is 5.75 Å². The number of ketones is 1. The normalized spacial score (nSPS) is 14.6. The smallest absolute Gasteiger partial charge is 0.295 e. The number of carbonyl (C=O) groups excluding carboxylic acids is 1. The maximum Gasteiger partial charge on any atom is 0.295 e. The lowest BCUT2D eigenvalue weighted by Crippen LogP contribution is -2.22. The fourth-order valence-corrected chi connectivity index (χ4v) is 4.82. The maximum atomic E-state index is 13.0. The highest BCUT2D eigenvalue weighted by Gasteiger charge is 2.30. The summed E-state index contributed by atoms with van der Waals surface area (Å²) in [7, 11) is -4.61. The van der Waals surface area contributed by atoms with Gasteiger partial charge in [-0.25, -0.2) is 4.99 Å². The number of hydrogen-bond donors (Lipinski definition) is 3. The molecule has 5 rings (SSSR count). The summed E-state index contributed by atoms with van der Waals surface area (Å²) in [5.74, 6) is -0.586. The highest BCUT2D eigenvalue weighted by Crippen LogP contribution is 2.40. The van der Waals surface area contributed by atoms with Gasteiger partial charge in [-0.2, -0.15) is 8.42 Å². The van der Waals surface area contributed by atoms with Crippen LogP contribution in [0.15, 0.2) is 96.0 Å². The number of nitrogens with one attached hydrogen (secondary N) is 1. The molecule has 7 nitrogen and oxygen atoms in total. The minimum Gasteiger partial charge on any atom is -0.505 e. The fourth-order valence-electron chi connectivity index (χ4n) is 4.11. The number of phenols is 1. The molecule has 1 aliphatic rings. The van der Waals surface area contributed by atoms with Gasteiger partial charge in [0.2, 0.25) is 5.78 Å². The summed E-state index contributed by atoms with van der Waals surface area (Å²) in [4.78, 5) is 17.1. The molecule has 0 aromatic heterocycles. The van der Waals surface area contributed by atoms with E-state index in [1.54, 1.807) is 48.5 Å². The predicted octanol–water partition coefficient (Wildman–Crippen LogP) is 5.09. The first-order valence-electron chi connectivity index (χ1n) is 10.8. The molecule has 0 aliphatic heterocycles. The van der Waals surface area contributed by atoms with Gasteiger partial charge in [0.1, 0.15) is 16.4 Å². The van der Waals surface area contributed by atoms with Crippen molar-refractivity contribution in [3.63, 3.8) is 0 Å². The van der Waals surface area contributed by atoms with Crippen LogP contribution in [-0.4, -0.2) is 29.6 Å². The Morgan fingerprint density at radius 2 is 1.46 bits per heavy atom. The Balaban J connectivity index is 1.66. The number of fused-ring (bicyclic) bond motifs is 2. The molecule has 0 atom stereocenters. The lowest BCUT2D eigenvalue weighted by atomic mass is 9.94. The lowest BCUT2D eigenvalue weighted by Gasteiger charge is -2.18. The van der Waals surface area contributed by atoms with Gasteiger partial charge < -0.3 is 10.4 Å². The average molecular weight is 485 g/mol. The molecule has 35 heavy (non-hydrogen) atoms. The minimum absolute atomic E-state index is 0.0397. The van der Waals surface area contributed by atoms with Crippen molar-refractivity contribution in [2.75, 3.05) is 5.32 Å². The van der Waals surface area contributed by atoms with Crippen LogP contribution >= 0.6 is 0 Å². The first-order chi connectivity index (χ1) is 16.8. The molecular weight excluding hydrogens is 464 g/mol. The van der Waals surface area contributed by atoms with Crippen LogP contribution in [0.1, 0.15) is 16.7 Å². The average Bonchev–Trinajstić information content (AvgIpc) is 2.86. The lowest BCUT2D eigenvalue weighted by molar-refractivity contribution is -0.108. The van der Waals surface area contributed by atoms with E-state index in [1.807, 2.05) is 30.3 Å². The van der Waals surface area contributed by atoms with E-state index < -0.39 is 20.8 Å². The van der Waals surface area contributed by atoms with Gasteiger partial charge in [0.15, 0.2) is 0 Å². The Hall–Kier alpha value is -4.27. The number of aliphatic imine (C=N–C) groups is 1. The number of anilines is 1. The molecule has 0 saturated heterocycles. The molecule has 0 bridgehead atoms. The molecule has 4 aromatic carbocycles. The number of aromatic hydroxyl groups is 1. The standard InChI is InChI=1S/C27H20N2O5S/c30-24-15-25(35(32,33)34)19-11-5-6-12-20(19)26(24)29-22-14-23(28-16-17-8-2-1-3-9-17)27(31)21-13-7-4-10-18(21)22/h1-15,28,31H,16H2,(H,32,33,34). The highest BCUT2D eigenvalue weighted by molar-refractivity contribution is 7.95. The van der Waals surface area contributed by atoms with Crippen LogP contribution in [0.4, 0.5) is 11.4 Å². The van der Waals surface area contributed by atoms with Gasteiger partial charge in [-0.1, -0.05) is 78.9 Å². The van der Waals surface area contributed by atoms with Gasteiger partial charge in [0, 0.05) is 34.5 Å². The molecule has 3 N–H and O–H groups in total. The Morgan fingerprint density at radius 3 is 2.17 bits per heavy atom. The summed E-state index contributed by atoms with van der Waals surface area (Å²) >= 11 is 0. The van der Waals surface area contributed by atoms with Crippen molar-refractivity contribution in [2.24, 2.45) is 4.99 Å². The van der Waals surface area contributed by atoms with Crippen LogP contribution in [-0.2, 0) is 21.5 Å². The van der Waals surface area contributed by atoms with E-state index in [2.05, 4.69) is 10.3 Å². The summed E-state index contributed by atoms with van der Waals surface area (Å²) in [6, 6.07) is 24.9. The third-order valence-electron chi connectivity index (χ3n) is 5.77. The van der Waals surface area contributed by atoms with Crippen molar-refractivity contribution in [2.45, 2.75) is 6.54 Å². The molecule has 4 aromatic rings. The van der Waals surface area contributed by atoms with Crippen LogP contribution in [0.2, 0.25) is 0 Å². The van der Waals surface area contributed by atoms with Gasteiger partial charge in [0.25, 0.3) is 10.1 Å². The largest absolute Gasteiger partial charge is 0.505 e. The van der Waals surface area contributed by atoms with E-state index in [4.69, 9.17) is 0 Å². The molecule has 0 unspecified atom stereocenters. The number of phenolic OH excluding ortho intramolecular Hbond substituents is 1. The van der Waals surface area contributed by atoms with E-state index in [-0.39, 0.29) is 17.0 Å². The number of hydrogen-bond acceptors (Lipinski definition) is 6. The second kappa shape index (κ2) is 8.83. The predicted molar refractivity (Wildman–Crippen MR) is 137 cm³/mol. The summed E-state index contributed by atoms with van der Waals surface area (Å²) in [6.07, 6.45) is 0.883. The maximum absolute atomic E-state index is 13.0. The van der Waals surface area contributed by atoms with Crippen molar-refractivity contribution < 1.29 is 22.9 Å². The number of benzene rings is 4. The highest BCUT2D eigenvalue weighted by atomic mass is 32.2. The van der Waals surface area contributed by atoms with E-state index in [0.717, 1.165) is 11.6 Å². The molecular formula is C27H20N2O5S. The molecule has 8 heteroatoms. The number of nitrogens with zero attached hydrogens (tertiary/aromatic N) is 1. The number of rotatable bonds is 5. The van der Waals surface area contributed by atoms with E-state index in [0.29, 0.717) is 34.3 Å². The Kier molecular flexibility index (Phi) is 5.68. The zero-order chi connectivity index (χ0) is 24.6. The molecule has 0 radical (unpaired) electrons. The minimum atomic E-state index is -4.61. The third kappa shape index (κ3) is 4.32. The number of carbonyl (C=O) groups is 1. The SMILES string of the molecule is O=C1C=C(S(=O)(=O)O)c2ccccc2C1=Nc1cc(NCc2ccccc2)c(O)c2ccccc12. The van der Waals surface area contributed by atoms with Gasteiger partial charge in [-0.3, -0.25) is 9.35 Å². The Morgan fingerprint density at radius 1 is 0.829 bits per heavy atom. The molecule has 0 fully saturated rings. The van der Waals surface area contributed by atoms with Crippen LogP contribution < -0.4 is 5.32 Å². The quantitative estimate of drug-likeness (QED) is 0.268. The van der Waals surface area contributed by atoms with Crippen molar-refractivity contribution in [1.82, 2.24) is 0 Å². The zero-order valence-electron chi connectivity index (χ0n) is 18.3. The van der Waals surface area contributed by atoms with Gasteiger partial charge >= 0.3 is 0 Å². The van der Waals surface area contributed by atoms with Crippen molar-refractivity contribution in [3.8, 4) is 5.75 Å². The fraction of sp³-hybridized carbons (Fsp3) is 0.0370. The Bertz CT molecular complexity index is 1640. The molecule has 0 spiro atoms. The topological polar surface area (TPSA) is 116 Å². The van der Waals surface area contributed by atoms with Crippen LogP contribution in [0.25, 0.3) is 15.7 Å². The molecule has 1 aliphatic carbocycles. The summed E-state index contributed by atoms with van der Waals surface area (Å²) in [6.45, 7) is 0.463. The van der Waals surface area contributed by atoms with Crippen LogP contribution in [0.3, 0.4) is 0 Å². The van der Waals surface area contributed by atoms with E-state index in [9.17, 15) is 22.9 Å². The van der Waals surface area contributed by atoms with Crippen LogP contribution in [0, 0.1) is 0 Å². The zero-order valence-corrected chi connectivity index (χ0v) is 19.2. The van der Waals surface area contributed by atoms with Gasteiger partial charge in [-0.15, -0.1) is 0 Å². The molecule has 0 heterocycles. The summed E-state index contributed by atoms with van der Waals surface area (Å²) in [5, 5.41) is 15.3. The Labute approximate surface area is 201 Å². The second-order valence-corrected chi connectivity index (χ2v) is 9.42. The third-order valence-corrected chi connectivity index (χ3v) is 6.67. The monoisotopic (exact) mass is 484 g/mol. The first-order valence-corrected chi connectivity index (χ1v) is 12.2. The first kappa shape index (κ1) is 22.5. The van der Waals surface area contributed by atoms with Crippen molar-refractivity contribution in [1.29, 1.82) is 0 Å². The number of allylic oxidation sites excluding steroid dienone is 1. The second-order valence-electron chi connectivity index (χ2n) is 8.03.